The summed E-state index contributed by atoms with van der Waals surface area (Å²) in [6.45, 7) is 6.07. The van der Waals surface area contributed by atoms with Crippen molar-refractivity contribution < 1.29 is 9.50 Å². The minimum atomic E-state index is -1.25. The summed E-state index contributed by atoms with van der Waals surface area (Å²) < 4.78 is 17.1. The second-order valence-electron chi connectivity index (χ2n) is 10.0. The van der Waals surface area contributed by atoms with Gasteiger partial charge in [-0.1, -0.05) is 0 Å². The Morgan fingerprint density at radius 2 is 2.03 bits per heavy atom. The summed E-state index contributed by atoms with van der Waals surface area (Å²) in [5.74, 6) is 2.32. The molecular formula is C26H28FN7O. The molecule has 4 aromatic rings. The number of aromatic nitrogens is 5. The normalized spacial score (nSPS) is 24.3. The number of nitrogens with one attached hydrogen (secondary N) is 1. The summed E-state index contributed by atoms with van der Waals surface area (Å²) >= 11 is 0. The Morgan fingerprint density at radius 3 is 2.74 bits per heavy atom. The topological polar surface area (TPSA) is 92.0 Å². The molecule has 2 fully saturated rings. The van der Waals surface area contributed by atoms with Crippen molar-refractivity contribution in [1.82, 2.24) is 24.7 Å². The summed E-state index contributed by atoms with van der Waals surface area (Å²) in [5.41, 5.74) is 2.88. The van der Waals surface area contributed by atoms with Crippen LogP contribution in [0.2, 0.25) is 0 Å². The van der Waals surface area contributed by atoms with Gasteiger partial charge in [-0.3, -0.25) is 4.57 Å². The molecule has 4 unspecified atom stereocenters. The molecule has 1 saturated heterocycles. The van der Waals surface area contributed by atoms with Crippen molar-refractivity contribution in [3.8, 4) is 5.82 Å². The minimum absolute atomic E-state index is 0.217. The largest absolute Gasteiger partial charge is 0.389 e. The van der Waals surface area contributed by atoms with Gasteiger partial charge in [-0.15, -0.1) is 5.10 Å². The Bertz CT molecular complexity index is 1400. The number of fused-ring (bicyclic) bond motifs is 3. The predicted molar refractivity (Wildman–Crippen MR) is 133 cm³/mol. The van der Waals surface area contributed by atoms with Crippen molar-refractivity contribution in [3.05, 3.63) is 60.0 Å². The average Bonchev–Trinajstić information content (AvgIpc) is 3.51. The van der Waals surface area contributed by atoms with Crippen molar-refractivity contribution in [2.45, 2.75) is 51.4 Å². The van der Waals surface area contributed by atoms with Crippen molar-refractivity contribution in [2.24, 2.45) is 5.92 Å². The van der Waals surface area contributed by atoms with Crippen molar-refractivity contribution >= 4 is 28.4 Å². The molecule has 1 aliphatic carbocycles. The van der Waals surface area contributed by atoms with Crippen LogP contribution in [0.4, 0.5) is 21.7 Å². The predicted octanol–water partition coefficient (Wildman–Crippen LogP) is 4.64. The number of aliphatic hydroxyl groups is 1. The summed E-state index contributed by atoms with van der Waals surface area (Å²) in [5, 5.41) is 21.9. The molecule has 1 aliphatic heterocycles. The van der Waals surface area contributed by atoms with Gasteiger partial charge in [-0.2, -0.15) is 5.10 Å². The van der Waals surface area contributed by atoms with Gasteiger partial charge in [0.05, 0.1) is 28.9 Å². The number of alkyl halides is 1. The number of halogens is 1. The highest BCUT2D eigenvalue weighted by Crippen LogP contribution is 2.49. The third-order valence-electron chi connectivity index (χ3n) is 7.25. The first-order chi connectivity index (χ1) is 16.8. The van der Waals surface area contributed by atoms with E-state index in [1.54, 1.807) is 20.2 Å². The van der Waals surface area contributed by atoms with Gasteiger partial charge < -0.3 is 15.3 Å². The van der Waals surface area contributed by atoms with Gasteiger partial charge in [0, 0.05) is 17.8 Å². The minimum Gasteiger partial charge on any atom is -0.389 e. The lowest BCUT2D eigenvalue weighted by Crippen LogP contribution is -2.47. The number of aryl methyl sites for hydroxylation is 1. The SMILES string of the molecule is Cc1ccc(Nc2ccc3c(c2)ncn3-c2ccc(C(C)O)c(N3CC4CC3C(C)(F)C4)n2)nn1. The molecule has 1 saturated carbocycles. The number of benzene rings is 1. The van der Waals surface area contributed by atoms with Gasteiger partial charge in [-0.05, 0) is 82.0 Å². The maximum atomic E-state index is 15.2. The van der Waals surface area contributed by atoms with Crippen LogP contribution in [0.15, 0.2) is 48.8 Å². The van der Waals surface area contributed by atoms with Crippen LogP contribution in [0.25, 0.3) is 16.9 Å². The zero-order chi connectivity index (χ0) is 24.3. The second-order valence-corrected chi connectivity index (χ2v) is 10.0. The van der Waals surface area contributed by atoms with E-state index in [0.29, 0.717) is 35.4 Å². The first kappa shape index (κ1) is 21.9. The molecule has 0 amide bonds. The fourth-order valence-corrected chi connectivity index (χ4v) is 5.60. The number of hydrogen-bond acceptors (Lipinski definition) is 7. The molecular weight excluding hydrogens is 445 g/mol. The Balaban J connectivity index is 1.35. The standard InChI is InChI=1S/C26H28FN7O/c1-15-4-8-23(32-31-15)29-18-5-7-21-20(11-18)28-14-34(21)24-9-6-19(16(2)35)25(30-24)33-13-17-10-22(33)26(3,27)12-17/h4-9,11,14,16-17,22,35H,10,12-13H2,1-3H3,(H,29,32). The zero-order valence-corrected chi connectivity index (χ0v) is 20.0. The molecule has 3 aromatic heterocycles. The second kappa shape index (κ2) is 7.98. The highest BCUT2D eigenvalue weighted by Gasteiger charge is 2.53. The van der Waals surface area contributed by atoms with Crippen LogP contribution in [0.1, 0.15) is 44.1 Å². The molecule has 2 aliphatic rings. The smallest absolute Gasteiger partial charge is 0.153 e. The van der Waals surface area contributed by atoms with E-state index in [1.807, 2.05) is 54.0 Å². The molecule has 180 valence electrons. The molecule has 9 heteroatoms. The third-order valence-corrected chi connectivity index (χ3v) is 7.25. The number of piperidine rings is 1. The lowest BCUT2D eigenvalue weighted by molar-refractivity contribution is 0.149. The number of aliphatic hydroxyl groups excluding tert-OH is 1. The molecule has 2 N–H and O–H groups in total. The third kappa shape index (κ3) is 3.80. The van der Waals surface area contributed by atoms with Gasteiger partial charge in [0.1, 0.15) is 23.6 Å². The Morgan fingerprint density at radius 1 is 1.17 bits per heavy atom. The van der Waals surface area contributed by atoms with Gasteiger partial charge >= 0.3 is 0 Å². The van der Waals surface area contributed by atoms with Gasteiger partial charge in [0.2, 0.25) is 0 Å². The van der Waals surface area contributed by atoms with Crippen LogP contribution in [-0.4, -0.2) is 48.1 Å². The van der Waals surface area contributed by atoms with E-state index in [0.717, 1.165) is 35.4 Å². The first-order valence-corrected chi connectivity index (χ1v) is 12.0. The number of hydrogen-bond donors (Lipinski definition) is 2. The van der Waals surface area contributed by atoms with E-state index in [4.69, 9.17) is 4.98 Å². The van der Waals surface area contributed by atoms with Crippen molar-refractivity contribution in [1.29, 1.82) is 0 Å². The molecule has 35 heavy (non-hydrogen) atoms. The summed E-state index contributed by atoms with van der Waals surface area (Å²) in [4.78, 5) is 11.6. The highest BCUT2D eigenvalue weighted by molar-refractivity contribution is 5.82. The van der Waals surface area contributed by atoms with Gasteiger partial charge in [-0.25, -0.2) is 14.4 Å². The maximum Gasteiger partial charge on any atom is 0.153 e. The van der Waals surface area contributed by atoms with Crippen LogP contribution >= 0.6 is 0 Å². The molecule has 6 rings (SSSR count). The van der Waals surface area contributed by atoms with E-state index in [1.165, 1.54) is 0 Å². The monoisotopic (exact) mass is 473 g/mol. The highest BCUT2D eigenvalue weighted by atomic mass is 19.1. The van der Waals surface area contributed by atoms with E-state index < -0.39 is 11.8 Å². The molecule has 4 heterocycles. The van der Waals surface area contributed by atoms with Gasteiger partial charge in [0.15, 0.2) is 5.82 Å². The number of anilines is 3. The van der Waals surface area contributed by atoms with Crippen LogP contribution in [0.3, 0.4) is 0 Å². The van der Waals surface area contributed by atoms with E-state index in [9.17, 15) is 5.11 Å². The number of nitrogens with zero attached hydrogens (tertiary/aromatic N) is 6. The molecule has 2 bridgehead atoms. The number of rotatable bonds is 5. The number of imidazole rings is 1. The Labute approximate surface area is 202 Å². The molecule has 0 radical (unpaired) electrons. The number of pyridine rings is 1. The van der Waals surface area contributed by atoms with Crippen LogP contribution in [-0.2, 0) is 0 Å². The van der Waals surface area contributed by atoms with Crippen LogP contribution in [0, 0.1) is 12.8 Å². The fraction of sp³-hybridized carbons (Fsp3) is 0.385. The Kier molecular flexibility index (Phi) is 5.00. The lowest BCUT2D eigenvalue weighted by Gasteiger charge is -2.37. The summed E-state index contributed by atoms with van der Waals surface area (Å²) in [6, 6.07) is 13.2. The lowest BCUT2D eigenvalue weighted by atomic mass is 9.96. The Hall–Kier alpha value is -3.59. The van der Waals surface area contributed by atoms with Crippen molar-refractivity contribution in [2.75, 3.05) is 16.8 Å². The van der Waals surface area contributed by atoms with Crippen molar-refractivity contribution in [3.63, 3.8) is 0 Å². The molecule has 8 nitrogen and oxygen atoms in total. The van der Waals surface area contributed by atoms with Gasteiger partial charge in [0.25, 0.3) is 0 Å². The first-order valence-electron chi connectivity index (χ1n) is 12.0. The van der Waals surface area contributed by atoms with E-state index in [-0.39, 0.29) is 6.04 Å². The van der Waals surface area contributed by atoms with E-state index >= 15 is 4.39 Å². The van der Waals surface area contributed by atoms with Crippen LogP contribution < -0.4 is 10.2 Å². The summed E-state index contributed by atoms with van der Waals surface area (Å²) in [6.07, 6.45) is 2.46. The fourth-order valence-electron chi connectivity index (χ4n) is 5.60. The van der Waals surface area contributed by atoms with Crippen LogP contribution in [0.5, 0.6) is 0 Å². The average molecular weight is 474 g/mol. The maximum absolute atomic E-state index is 15.2. The quantitative estimate of drug-likeness (QED) is 0.436. The molecule has 4 atom stereocenters. The molecule has 0 spiro atoms. The van der Waals surface area contributed by atoms with E-state index in [2.05, 4.69) is 25.4 Å². The summed E-state index contributed by atoms with van der Waals surface area (Å²) in [7, 11) is 0. The zero-order valence-electron chi connectivity index (χ0n) is 20.0. The molecule has 1 aromatic carbocycles.